The molecule has 0 amide bonds. The zero-order valence-corrected chi connectivity index (χ0v) is 15.0. The highest BCUT2D eigenvalue weighted by Crippen LogP contribution is 2.22. The summed E-state index contributed by atoms with van der Waals surface area (Å²) in [5.74, 6) is 1.81. The Morgan fingerprint density at radius 1 is 1.19 bits per heavy atom. The van der Waals surface area contributed by atoms with Crippen LogP contribution in [0.3, 0.4) is 0 Å². The molecule has 1 N–H and O–H groups in total. The molecule has 0 saturated carbocycles. The largest absolute Gasteiger partial charge is 0.439 e. The molecule has 0 aliphatic carbocycles. The summed E-state index contributed by atoms with van der Waals surface area (Å²) < 4.78 is 11.3. The van der Waals surface area contributed by atoms with Crippen LogP contribution in [0, 0.1) is 6.92 Å². The fraction of sp³-hybridized carbons (Fsp3) is 0.500. The molecule has 0 bridgehead atoms. The fourth-order valence-electron chi connectivity index (χ4n) is 3.55. The van der Waals surface area contributed by atoms with Crippen LogP contribution in [0.25, 0.3) is 11.1 Å². The van der Waals surface area contributed by atoms with Crippen LogP contribution in [0.1, 0.15) is 24.6 Å². The van der Waals surface area contributed by atoms with E-state index in [2.05, 4.69) is 31.9 Å². The van der Waals surface area contributed by atoms with Gasteiger partial charge in [-0.2, -0.15) is 0 Å². The average molecular weight is 357 g/mol. The average Bonchev–Trinajstić information content (AvgIpc) is 3.31. The van der Waals surface area contributed by atoms with Gasteiger partial charge in [-0.1, -0.05) is 19.1 Å². The molecule has 1 aliphatic rings. The van der Waals surface area contributed by atoms with Gasteiger partial charge in [0.05, 0.1) is 25.2 Å². The SMILES string of the molecule is CCN(Cc1nnc(C)o1)[C@@H]1CN(Cc2nc3ccccc3o2)C[C@H]1O. The third-order valence-electron chi connectivity index (χ3n) is 4.81. The fourth-order valence-corrected chi connectivity index (χ4v) is 3.55. The standard InChI is InChI=1S/C18H23N5O3/c1-3-23(11-18-21-20-12(2)25-18)14-8-22(9-15(14)24)10-17-19-13-6-4-5-7-16(13)26-17/h4-7,14-15,24H,3,8-11H2,1-2H3/t14-,15-/m1/s1. The van der Waals surface area contributed by atoms with Crippen LogP contribution in [0.15, 0.2) is 33.1 Å². The number of hydrogen-bond acceptors (Lipinski definition) is 8. The van der Waals surface area contributed by atoms with Crippen LogP contribution in [0.2, 0.25) is 0 Å². The molecule has 1 fully saturated rings. The lowest BCUT2D eigenvalue weighted by molar-refractivity contribution is 0.0760. The first-order chi connectivity index (χ1) is 12.6. The van der Waals surface area contributed by atoms with Gasteiger partial charge in [0.25, 0.3) is 0 Å². The summed E-state index contributed by atoms with van der Waals surface area (Å²) >= 11 is 0. The van der Waals surface area contributed by atoms with Gasteiger partial charge < -0.3 is 13.9 Å². The minimum Gasteiger partial charge on any atom is -0.439 e. The molecule has 1 aliphatic heterocycles. The number of hydrogen-bond donors (Lipinski definition) is 1. The van der Waals surface area contributed by atoms with Crippen molar-refractivity contribution >= 4 is 11.1 Å². The first-order valence-electron chi connectivity index (χ1n) is 8.90. The molecule has 2 aromatic heterocycles. The molecule has 1 saturated heterocycles. The number of β-amino-alcohol motifs (C(OH)–C–C–N with tert-alkyl or cyclic N) is 1. The van der Waals surface area contributed by atoms with E-state index < -0.39 is 6.10 Å². The number of para-hydroxylation sites is 2. The zero-order valence-electron chi connectivity index (χ0n) is 15.0. The lowest BCUT2D eigenvalue weighted by Gasteiger charge is -2.28. The molecule has 8 nitrogen and oxygen atoms in total. The summed E-state index contributed by atoms with van der Waals surface area (Å²) in [5, 5.41) is 18.5. The van der Waals surface area contributed by atoms with E-state index >= 15 is 0 Å². The van der Waals surface area contributed by atoms with E-state index in [1.807, 2.05) is 24.3 Å². The summed E-state index contributed by atoms with van der Waals surface area (Å²) in [6, 6.07) is 7.75. The van der Waals surface area contributed by atoms with Crippen molar-refractivity contribution in [1.82, 2.24) is 25.0 Å². The monoisotopic (exact) mass is 357 g/mol. The molecule has 138 valence electrons. The second-order valence-electron chi connectivity index (χ2n) is 6.68. The van der Waals surface area contributed by atoms with Crippen LogP contribution in [0.5, 0.6) is 0 Å². The number of aliphatic hydroxyl groups excluding tert-OH is 1. The van der Waals surface area contributed by atoms with Crippen molar-refractivity contribution in [1.29, 1.82) is 0 Å². The van der Waals surface area contributed by atoms with Gasteiger partial charge in [-0.05, 0) is 18.7 Å². The first-order valence-corrected chi connectivity index (χ1v) is 8.90. The van der Waals surface area contributed by atoms with E-state index in [4.69, 9.17) is 8.83 Å². The second kappa shape index (κ2) is 7.14. The van der Waals surface area contributed by atoms with Crippen LogP contribution in [0.4, 0.5) is 0 Å². The molecule has 8 heteroatoms. The third kappa shape index (κ3) is 3.48. The maximum absolute atomic E-state index is 10.6. The van der Waals surface area contributed by atoms with E-state index in [0.717, 1.165) is 24.2 Å². The Balaban J connectivity index is 1.42. The summed E-state index contributed by atoms with van der Waals surface area (Å²) in [6.45, 7) is 7.08. The van der Waals surface area contributed by atoms with Gasteiger partial charge in [0.15, 0.2) is 5.58 Å². The van der Waals surface area contributed by atoms with Gasteiger partial charge in [-0.15, -0.1) is 10.2 Å². The summed E-state index contributed by atoms with van der Waals surface area (Å²) in [5.41, 5.74) is 1.65. The Hall–Kier alpha value is -2.29. The molecular weight excluding hydrogens is 334 g/mol. The van der Waals surface area contributed by atoms with Crippen molar-refractivity contribution in [3.05, 3.63) is 41.9 Å². The molecule has 0 unspecified atom stereocenters. The first kappa shape index (κ1) is 17.1. The number of aliphatic hydroxyl groups is 1. The highest BCUT2D eigenvalue weighted by atomic mass is 16.4. The maximum Gasteiger partial charge on any atom is 0.230 e. The van der Waals surface area contributed by atoms with Crippen molar-refractivity contribution in [2.24, 2.45) is 0 Å². The quantitative estimate of drug-likeness (QED) is 0.711. The summed E-state index contributed by atoms with van der Waals surface area (Å²) in [6.07, 6.45) is -0.441. The Bertz CT molecular complexity index is 843. The molecule has 3 heterocycles. The van der Waals surface area contributed by atoms with Crippen molar-refractivity contribution in [2.45, 2.75) is 39.1 Å². The van der Waals surface area contributed by atoms with Gasteiger partial charge in [0.2, 0.25) is 17.7 Å². The van der Waals surface area contributed by atoms with Crippen LogP contribution in [-0.2, 0) is 13.1 Å². The van der Waals surface area contributed by atoms with Crippen molar-refractivity contribution in [3.63, 3.8) is 0 Å². The van der Waals surface area contributed by atoms with E-state index in [9.17, 15) is 5.11 Å². The number of oxazole rings is 1. The number of fused-ring (bicyclic) bond motifs is 1. The molecule has 4 rings (SSSR count). The predicted molar refractivity (Wildman–Crippen MR) is 94.2 cm³/mol. The molecular formula is C18H23N5O3. The Morgan fingerprint density at radius 2 is 2.04 bits per heavy atom. The number of aromatic nitrogens is 3. The second-order valence-corrected chi connectivity index (χ2v) is 6.68. The van der Waals surface area contributed by atoms with Gasteiger partial charge >= 0.3 is 0 Å². The molecule has 0 radical (unpaired) electrons. The van der Waals surface area contributed by atoms with E-state index in [0.29, 0.717) is 37.3 Å². The summed E-state index contributed by atoms with van der Waals surface area (Å²) in [7, 11) is 0. The Labute approximate surface area is 151 Å². The number of nitrogens with zero attached hydrogens (tertiary/aromatic N) is 5. The van der Waals surface area contributed by atoms with E-state index in [-0.39, 0.29) is 6.04 Å². The Kier molecular flexibility index (Phi) is 4.71. The minimum atomic E-state index is -0.441. The van der Waals surface area contributed by atoms with Crippen molar-refractivity contribution < 1.29 is 13.9 Å². The smallest absolute Gasteiger partial charge is 0.230 e. The van der Waals surface area contributed by atoms with Crippen LogP contribution in [-0.4, -0.2) is 61.9 Å². The lowest BCUT2D eigenvalue weighted by Crippen LogP contribution is -2.42. The number of aryl methyl sites for hydroxylation is 1. The van der Waals surface area contributed by atoms with Crippen molar-refractivity contribution in [3.8, 4) is 0 Å². The molecule has 26 heavy (non-hydrogen) atoms. The van der Waals surface area contributed by atoms with E-state index in [1.165, 1.54) is 0 Å². The molecule has 2 atom stereocenters. The molecule has 0 spiro atoms. The maximum atomic E-state index is 10.6. The normalized spacial score (nSPS) is 21.2. The van der Waals surface area contributed by atoms with Crippen LogP contribution >= 0.6 is 0 Å². The van der Waals surface area contributed by atoms with Gasteiger partial charge in [0.1, 0.15) is 5.52 Å². The number of likely N-dealkylation sites (N-methyl/N-ethyl adjacent to an activating group) is 1. The topological polar surface area (TPSA) is 91.7 Å². The van der Waals surface area contributed by atoms with Gasteiger partial charge in [-0.3, -0.25) is 9.80 Å². The van der Waals surface area contributed by atoms with Gasteiger partial charge in [-0.25, -0.2) is 4.98 Å². The summed E-state index contributed by atoms with van der Waals surface area (Å²) in [4.78, 5) is 8.86. The Morgan fingerprint density at radius 3 is 2.77 bits per heavy atom. The number of likely N-dealkylation sites (tertiary alicyclic amines) is 1. The highest BCUT2D eigenvalue weighted by molar-refractivity contribution is 5.72. The van der Waals surface area contributed by atoms with Gasteiger partial charge in [0, 0.05) is 20.0 Å². The third-order valence-corrected chi connectivity index (χ3v) is 4.81. The number of benzene rings is 1. The number of rotatable bonds is 6. The lowest BCUT2D eigenvalue weighted by atomic mass is 10.2. The van der Waals surface area contributed by atoms with E-state index in [1.54, 1.807) is 6.92 Å². The van der Waals surface area contributed by atoms with Crippen LogP contribution < -0.4 is 0 Å². The molecule has 1 aromatic carbocycles. The molecule has 3 aromatic rings. The minimum absolute atomic E-state index is 0.0107. The highest BCUT2D eigenvalue weighted by Gasteiger charge is 2.36. The zero-order chi connectivity index (χ0) is 18.1. The predicted octanol–water partition coefficient (Wildman–Crippen LogP) is 1.59. The van der Waals surface area contributed by atoms with Crippen molar-refractivity contribution in [2.75, 3.05) is 19.6 Å².